The zero-order valence-corrected chi connectivity index (χ0v) is 9.55. The van der Waals surface area contributed by atoms with Crippen molar-refractivity contribution < 1.29 is 8.42 Å². The van der Waals surface area contributed by atoms with Crippen LogP contribution in [0.15, 0.2) is 34.5 Å². The lowest BCUT2D eigenvalue weighted by atomic mass is 10.2. The van der Waals surface area contributed by atoms with E-state index in [2.05, 4.69) is 9.59 Å². The normalized spacial score (nSPS) is 11.5. The summed E-state index contributed by atoms with van der Waals surface area (Å²) in [5.41, 5.74) is 1.20. The van der Waals surface area contributed by atoms with Gasteiger partial charge in [0.25, 0.3) is 0 Å². The quantitative estimate of drug-likeness (QED) is 0.800. The second kappa shape index (κ2) is 3.71. The van der Waals surface area contributed by atoms with Gasteiger partial charge >= 0.3 is 0 Å². The Morgan fingerprint density at radius 3 is 2.47 bits per heavy atom. The monoisotopic (exact) mass is 240 g/mol. The predicted octanol–water partition coefficient (Wildman–Crippen LogP) is 1.61. The maximum atomic E-state index is 11.4. The zero-order chi connectivity index (χ0) is 10.9. The minimum absolute atomic E-state index is 0.216. The highest BCUT2D eigenvalue weighted by atomic mass is 32.2. The van der Waals surface area contributed by atoms with E-state index in [-0.39, 0.29) is 4.21 Å². The molecule has 0 atom stereocenters. The Morgan fingerprint density at radius 2 is 1.87 bits per heavy atom. The van der Waals surface area contributed by atoms with Crippen molar-refractivity contribution in [2.75, 3.05) is 6.26 Å². The van der Waals surface area contributed by atoms with Crippen LogP contribution in [-0.2, 0) is 9.84 Å². The van der Waals surface area contributed by atoms with Crippen molar-refractivity contribution in [2.24, 2.45) is 0 Å². The third-order valence-electron chi connectivity index (χ3n) is 1.84. The highest BCUT2D eigenvalue weighted by Crippen LogP contribution is 2.27. The van der Waals surface area contributed by atoms with Crippen molar-refractivity contribution in [3.63, 3.8) is 0 Å². The maximum absolute atomic E-state index is 11.4. The van der Waals surface area contributed by atoms with Crippen LogP contribution in [0.3, 0.4) is 0 Å². The summed E-state index contributed by atoms with van der Waals surface area (Å²) in [6.07, 6.45) is 1.16. The van der Waals surface area contributed by atoms with Gasteiger partial charge in [0.1, 0.15) is 5.69 Å². The zero-order valence-electron chi connectivity index (χ0n) is 7.91. The van der Waals surface area contributed by atoms with Crippen LogP contribution in [-0.4, -0.2) is 24.3 Å². The Morgan fingerprint density at radius 1 is 1.20 bits per heavy atom. The van der Waals surface area contributed by atoms with Crippen molar-refractivity contribution in [1.29, 1.82) is 0 Å². The summed E-state index contributed by atoms with van der Waals surface area (Å²) < 4.78 is 26.7. The van der Waals surface area contributed by atoms with E-state index >= 15 is 0 Å². The van der Waals surface area contributed by atoms with Gasteiger partial charge in [0.2, 0.25) is 0 Å². The lowest BCUT2D eigenvalue weighted by Crippen LogP contribution is -1.96. The first-order chi connectivity index (χ1) is 7.09. The number of rotatable bonds is 2. The van der Waals surface area contributed by atoms with Crippen LogP contribution >= 0.6 is 11.5 Å². The van der Waals surface area contributed by atoms with E-state index in [0.717, 1.165) is 23.4 Å². The van der Waals surface area contributed by atoms with Crippen molar-refractivity contribution in [3.8, 4) is 11.3 Å². The number of sulfone groups is 1. The van der Waals surface area contributed by atoms with Gasteiger partial charge in [-0.1, -0.05) is 34.8 Å². The summed E-state index contributed by atoms with van der Waals surface area (Å²) in [5, 5.41) is 3.84. The van der Waals surface area contributed by atoms with Gasteiger partial charge in [0.05, 0.1) is 0 Å². The summed E-state index contributed by atoms with van der Waals surface area (Å²) in [4.78, 5) is 0. The van der Waals surface area contributed by atoms with Crippen molar-refractivity contribution in [3.05, 3.63) is 30.3 Å². The molecule has 0 bridgehead atoms. The van der Waals surface area contributed by atoms with E-state index in [1.54, 1.807) is 0 Å². The molecule has 0 fully saturated rings. The molecular weight excluding hydrogens is 232 g/mol. The van der Waals surface area contributed by atoms with E-state index in [4.69, 9.17) is 0 Å². The predicted molar refractivity (Wildman–Crippen MR) is 58.5 cm³/mol. The second-order valence-corrected chi connectivity index (χ2v) is 6.01. The molecule has 0 radical (unpaired) electrons. The van der Waals surface area contributed by atoms with Gasteiger partial charge in [-0.25, -0.2) is 8.42 Å². The smallest absolute Gasteiger partial charge is 0.188 e. The number of hydrogen-bond donors (Lipinski definition) is 0. The fraction of sp³-hybridized carbons (Fsp3) is 0.111. The molecule has 0 aliphatic carbocycles. The van der Waals surface area contributed by atoms with Gasteiger partial charge in [-0.05, 0) is 0 Å². The number of aromatic nitrogens is 2. The Balaban J connectivity index is 2.61. The molecule has 78 valence electrons. The third-order valence-corrected chi connectivity index (χ3v) is 4.36. The van der Waals surface area contributed by atoms with E-state index in [1.165, 1.54) is 0 Å². The third kappa shape index (κ3) is 2.05. The van der Waals surface area contributed by atoms with Crippen LogP contribution in [0.25, 0.3) is 11.3 Å². The van der Waals surface area contributed by atoms with Gasteiger partial charge < -0.3 is 0 Å². The Bertz CT molecular complexity index is 561. The van der Waals surface area contributed by atoms with Crippen molar-refractivity contribution in [2.45, 2.75) is 4.21 Å². The molecule has 0 aliphatic heterocycles. The summed E-state index contributed by atoms with van der Waals surface area (Å²) in [7, 11) is -3.24. The van der Waals surface area contributed by atoms with E-state index in [1.807, 2.05) is 30.3 Å². The van der Waals surface area contributed by atoms with Crippen LogP contribution in [0.5, 0.6) is 0 Å². The molecule has 0 N–H and O–H groups in total. The van der Waals surface area contributed by atoms with Gasteiger partial charge in [0, 0.05) is 23.4 Å². The summed E-state index contributed by atoms with van der Waals surface area (Å²) in [6, 6.07) is 9.15. The standard InChI is InChI=1S/C9H8N2O2S2/c1-15(12,13)9-8(10-11-14-9)7-5-3-2-4-6-7/h2-6H,1H3. The molecule has 1 aromatic heterocycles. The molecule has 1 heterocycles. The van der Waals surface area contributed by atoms with Crippen molar-refractivity contribution >= 4 is 21.4 Å². The first kappa shape index (κ1) is 10.3. The summed E-state index contributed by atoms with van der Waals surface area (Å²) in [6.45, 7) is 0. The topological polar surface area (TPSA) is 59.9 Å². The van der Waals surface area contributed by atoms with Crippen LogP contribution < -0.4 is 0 Å². The molecule has 0 spiro atoms. The van der Waals surface area contributed by atoms with Gasteiger partial charge in [-0.2, -0.15) is 0 Å². The molecule has 15 heavy (non-hydrogen) atoms. The highest BCUT2D eigenvalue weighted by Gasteiger charge is 2.18. The fourth-order valence-electron chi connectivity index (χ4n) is 1.20. The highest BCUT2D eigenvalue weighted by molar-refractivity contribution is 7.92. The van der Waals surface area contributed by atoms with Gasteiger partial charge in [-0.15, -0.1) is 5.10 Å². The maximum Gasteiger partial charge on any atom is 0.188 e. The van der Waals surface area contributed by atoms with E-state index in [9.17, 15) is 8.42 Å². The average molecular weight is 240 g/mol. The molecule has 0 saturated heterocycles. The molecule has 0 aliphatic rings. The summed E-state index contributed by atoms with van der Waals surface area (Å²) >= 11 is 0.902. The SMILES string of the molecule is CS(=O)(=O)c1snnc1-c1ccccc1. The van der Waals surface area contributed by atoms with Crippen LogP contribution in [0, 0.1) is 0 Å². The summed E-state index contributed by atoms with van der Waals surface area (Å²) in [5.74, 6) is 0. The minimum atomic E-state index is -3.24. The molecule has 4 nitrogen and oxygen atoms in total. The molecule has 0 saturated carbocycles. The fourth-order valence-corrected chi connectivity index (χ4v) is 2.79. The molecule has 1 aromatic carbocycles. The van der Waals surface area contributed by atoms with Crippen molar-refractivity contribution in [1.82, 2.24) is 9.59 Å². The molecule has 2 aromatic rings. The molecular formula is C9H8N2O2S2. The Kier molecular flexibility index (Phi) is 2.54. The average Bonchev–Trinajstić information content (AvgIpc) is 2.67. The van der Waals surface area contributed by atoms with Gasteiger partial charge in [-0.3, -0.25) is 0 Å². The number of benzene rings is 1. The van der Waals surface area contributed by atoms with Crippen LogP contribution in [0.2, 0.25) is 0 Å². The number of nitrogens with zero attached hydrogens (tertiary/aromatic N) is 2. The second-order valence-electron chi connectivity index (χ2n) is 3.05. The van der Waals surface area contributed by atoms with Crippen LogP contribution in [0.1, 0.15) is 0 Å². The molecule has 2 rings (SSSR count). The lowest BCUT2D eigenvalue weighted by Gasteiger charge is -1.97. The molecule has 0 unspecified atom stereocenters. The Hall–Kier alpha value is -1.27. The number of hydrogen-bond acceptors (Lipinski definition) is 5. The van der Waals surface area contributed by atoms with E-state index < -0.39 is 9.84 Å². The van der Waals surface area contributed by atoms with E-state index in [0.29, 0.717) is 5.69 Å². The van der Waals surface area contributed by atoms with Crippen LogP contribution in [0.4, 0.5) is 0 Å². The minimum Gasteiger partial charge on any atom is -0.223 e. The van der Waals surface area contributed by atoms with Gasteiger partial charge in [0.15, 0.2) is 14.0 Å². The largest absolute Gasteiger partial charge is 0.223 e. The molecule has 0 amide bonds. The lowest BCUT2D eigenvalue weighted by molar-refractivity contribution is 0.604. The molecule has 6 heteroatoms. The first-order valence-corrected chi connectivity index (χ1v) is 6.83. The Labute approximate surface area is 91.7 Å². The first-order valence-electron chi connectivity index (χ1n) is 4.17.